The molecular weight excluding hydrogens is 1100 g/mol. The number of benzene rings is 4. The number of piperazine rings is 1. The number of thiazole rings is 1. The fourth-order valence-corrected chi connectivity index (χ4v) is 11.0. The summed E-state index contributed by atoms with van der Waals surface area (Å²) in [7, 11) is 0. The van der Waals surface area contributed by atoms with E-state index in [2.05, 4.69) is 81.2 Å². The normalized spacial score (nSPS) is 16.4. The van der Waals surface area contributed by atoms with Crippen molar-refractivity contribution in [2.75, 3.05) is 118 Å². The molecule has 3 N–H and O–H groups in total. The molecular formula is C64H83ClN6O11S. The number of rotatable bonds is 33. The van der Waals surface area contributed by atoms with Crippen LogP contribution >= 0.6 is 22.9 Å². The van der Waals surface area contributed by atoms with Crippen molar-refractivity contribution in [1.82, 2.24) is 30.3 Å². The Bertz CT molecular complexity index is 2790. The Morgan fingerprint density at radius 1 is 0.699 bits per heavy atom. The average molecular weight is 1180 g/mol. The lowest BCUT2D eigenvalue weighted by Crippen LogP contribution is -2.57. The van der Waals surface area contributed by atoms with Crippen LogP contribution in [-0.2, 0) is 49.4 Å². The van der Waals surface area contributed by atoms with Gasteiger partial charge < -0.3 is 54.0 Å². The van der Waals surface area contributed by atoms with Gasteiger partial charge in [-0.05, 0) is 69.9 Å². The summed E-state index contributed by atoms with van der Waals surface area (Å²) < 4.78 is 34.3. The van der Waals surface area contributed by atoms with E-state index in [4.69, 9.17) is 40.0 Å². The molecule has 0 saturated carbocycles. The summed E-state index contributed by atoms with van der Waals surface area (Å²) in [6.45, 7) is 15.4. The molecule has 4 amide bonds. The second-order valence-electron chi connectivity index (χ2n) is 21.6. The molecule has 2 saturated heterocycles. The number of alkyl halides is 1. The maximum Gasteiger partial charge on any atom is 0.246 e. The lowest BCUT2D eigenvalue weighted by molar-refractivity contribution is -0.144. The van der Waals surface area contributed by atoms with Crippen molar-refractivity contribution in [2.24, 2.45) is 5.41 Å². The van der Waals surface area contributed by atoms with Crippen LogP contribution in [0.1, 0.15) is 74.4 Å². The average Bonchev–Trinajstić information content (AvgIpc) is 4.32. The third-order valence-corrected chi connectivity index (χ3v) is 15.7. The second-order valence-corrected chi connectivity index (χ2v) is 22.9. The number of halogens is 1. The van der Waals surface area contributed by atoms with Gasteiger partial charge in [0.1, 0.15) is 24.4 Å². The van der Waals surface area contributed by atoms with Crippen molar-refractivity contribution in [2.45, 2.75) is 78.1 Å². The molecule has 2 fully saturated rings. The highest BCUT2D eigenvalue weighted by molar-refractivity contribution is 7.13. The van der Waals surface area contributed by atoms with E-state index in [-0.39, 0.29) is 56.9 Å². The number of allylic oxidation sites excluding steroid dienone is 1. The number of hydrogen-bond donors (Lipinski definition) is 3. The predicted molar refractivity (Wildman–Crippen MR) is 324 cm³/mol. The largest absolute Gasteiger partial charge is 0.492 e. The molecule has 0 unspecified atom stereocenters. The van der Waals surface area contributed by atoms with E-state index in [9.17, 15) is 24.3 Å². The first kappa shape index (κ1) is 64.5. The lowest BCUT2D eigenvalue weighted by atomic mass is 9.85. The zero-order valence-corrected chi connectivity index (χ0v) is 50.1. The van der Waals surface area contributed by atoms with Crippen molar-refractivity contribution in [1.29, 1.82) is 0 Å². The van der Waals surface area contributed by atoms with E-state index in [1.807, 2.05) is 86.6 Å². The van der Waals surface area contributed by atoms with E-state index in [0.29, 0.717) is 84.9 Å². The van der Waals surface area contributed by atoms with Gasteiger partial charge >= 0.3 is 0 Å². The second kappa shape index (κ2) is 34.0. The number of aryl methyl sites for hydroxylation is 1. The van der Waals surface area contributed by atoms with E-state index in [1.54, 1.807) is 11.3 Å². The van der Waals surface area contributed by atoms with Crippen LogP contribution in [0.15, 0.2) is 115 Å². The summed E-state index contributed by atoms with van der Waals surface area (Å²) in [4.78, 5) is 64.4. The van der Waals surface area contributed by atoms with Crippen LogP contribution < -0.4 is 15.4 Å². The molecule has 19 heteroatoms. The molecule has 83 heavy (non-hydrogen) atoms. The van der Waals surface area contributed by atoms with Gasteiger partial charge in [-0.3, -0.25) is 24.1 Å². The molecule has 17 nitrogen and oxygen atoms in total. The number of aromatic nitrogens is 1. The Kier molecular flexibility index (Phi) is 26.4. The van der Waals surface area contributed by atoms with Crippen LogP contribution in [0.3, 0.4) is 0 Å². The number of amides is 4. The summed E-state index contributed by atoms with van der Waals surface area (Å²) in [5, 5.41) is 16.4. The number of β-amino-alcohol motifs (C(OH)–C–C–N with tert-alkyl or cyclic N) is 1. The first-order valence-electron chi connectivity index (χ1n) is 28.9. The summed E-state index contributed by atoms with van der Waals surface area (Å²) in [6.07, 6.45) is 0.335. The van der Waals surface area contributed by atoms with Gasteiger partial charge in [-0.25, -0.2) is 4.98 Å². The maximum atomic E-state index is 14.0. The highest BCUT2D eigenvalue weighted by Crippen LogP contribution is 2.36. The van der Waals surface area contributed by atoms with Crippen molar-refractivity contribution < 1.29 is 52.7 Å². The van der Waals surface area contributed by atoms with Crippen LogP contribution in [0.5, 0.6) is 5.75 Å². The summed E-state index contributed by atoms with van der Waals surface area (Å²) in [5.41, 5.74) is 9.84. The number of nitrogens with one attached hydrogen (secondary N) is 2. The van der Waals surface area contributed by atoms with Gasteiger partial charge in [0.25, 0.3) is 0 Å². The molecule has 0 spiro atoms. The predicted octanol–water partition coefficient (Wildman–Crippen LogP) is 7.90. The van der Waals surface area contributed by atoms with E-state index < -0.39 is 29.5 Å². The molecule has 0 bridgehead atoms. The Morgan fingerprint density at radius 3 is 1.83 bits per heavy atom. The molecule has 4 aromatic carbocycles. The minimum atomic E-state index is -0.931. The molecule has 1 aromatic heterocycles. The molecule has 0 aliphatic carbocycles. The molecule has 5 aromatic rings. The number of ether oxygens (including phenoxy) is 6. The first-order valence-corrected chi connectivity index (χ1v) is 30.3. The Hall–Kier alpha value is -6.06. The van der Waals surface area contributed by atoms with Gasteiger partial charge in [-0.15, -0.1) is 22.9 Å². The number of aliphatic hydroxyl groups excluding tert-OH is 1. The number of hydrogen-bond acceptors (Lipinski definition) is 14. The van der Waals surface area contributed by atoms with Crippen molar-refractivity contribution in [3.8, 4) is 16.2 Å². The quantitative estimate of drug-likeness (QED) is 0.0209. The van der Waals surface area contributed by atoms with Gasteiger partial charge in [-0.1, -0.05) is 118 Å². The van der Waals surface area contributed by atoms with Gasteiger partial charge in [0.2, 0.25) is 23.6 Å². The van der Waals surface area contributed by atoms with Crippen molar-refractivity contribution >= 4 is 57.7 Å². The smallest absolute Gasteiger partial charge is 0.246 e. The number of nitrogens with zero attached hydrogens (tertiary/aromatic N) is 4. The van der Waals surface area contributed by atoms with E-state index in [1.165, 1.54) is 16.0 Å². The number of carbonyl (C=O) groups excluding carboxylic acids is 4. The summed E-state index contributed by atoms with van der Waals surface area (Å²) >= 11 is 7.91. The standard InChI is InChI=1S/C64H83ClN6O11S/c1-47-60(83-46-67-47)52-17-15-48(16-18-52)44-66-62(75)56-43-53(72)45-71(56)63(76)61(64(2,3)4)68-57(73)24-32-77-35-37-79-39-41-81-42-40-80-38-36-78-33-25-58(74)70-29-27-69(28-30-70)31-34-82-54-21-19-51(20-22-54)59(50-13-9-6-10-14-50)55(23-26-65)49-11-7-5-8-12-49/h5-22,46,53,56,61,72H,23-45H2,1-4H3,(H,66,75)(H,68,73)/b59-55-/t53-,56+,61-/m1/s1. The molecule has 2 aliphatic rings. The van der Waals surface area contributed by atoms with Crippen LogP contribution in [0.2, 0.25) is 0 Å². The molecule has 7 rings (SSSR count). The van der Waals surface area contributed by atoms with Gasteiger partial charge in [-0.2, -0.15) is 0 Å². The third-order valence-electron chi connectivity index (χ3n) is 14.5. The van der Waals surface area contributed by atoms with Crippen molar-refractivity contribution in [3.63, 3.8) is 0 Å². The third kappa shape index (κ3) is 20.6. The SMILES string of the molecule is Cc1ncsc1-c1ccc(CNC(=O)[C@@H]2C[C@@H](O)CN2C(=O)[C@@H](NC(=O)CCOCCOCCOCCOCCOCCC(=O)N2CCN(CCOc3ccc(/C(=C(/CCCl)c4ccccc4)c4ccccc4)cc3)CC2)C(C)(C)C)cc1. The zero-order chi connectivity index (χ0) is 58.8. The fraction of sp³-hybridized carbons (Fsp3) is 0.484. The number of aliphatic hydroxyl groups is 1. The molecule has 3 atom stereocenters. The topological polar surface area (TPSA) is 191 Å². The molecule has 2 aliphatic heterocycles. The summed E-state index contributed by atoms with van der Waals surface area (Å²) in [6, 6.07) is 35.3. The number of likely N-dealkylation sites (tertiary alicyclic amines) is 1. The Balaban J connectivity index is 0.665. The van der Waals surface area contributed by atoms with Gasteiger partial charge in [0, 0.05) is 64.5 Å². The summed E-state index contributed by atoms with van der Waals surface area (Å²) in [5.74, 6) is 0.280. The van der Waals surface area contributed by atoms with Crippen molar-refractivity contribution in [3.05, 3.63) is 143 Å². The van der Waals surface area contributed by atoms with Gasteiger partial charge in [0.05, 0.1) is 94.7 Å². The molecule has 448 valence electrons. The van der Waals surface area contributed by atoms with Crippen LogP contribution in [0.4, 0.5) is 0 Å². The van der Waals surface area contributed by atoms with Crippen LogP contribution in [0, 0.1) is 12.3 Å². The maximum absolute atomic E-state index is 14.0. The highest BCUT2D eigenvalue weighted by Gasteiger charge is 2.44. The van der Waals surface area contributed by atoms with E-state index >= 15 is 0 Å². The van der Waals surface area contributed by atoms with Gasteiger partial charge in [0.15, 0.2) is 0 Å². The monoisotopic (exact) mass is 1180 g/mol. The number of carbonyl (C=O) groups is 4. The lowest BCUT2D eigenvalue weighted by Gasteiger charge is -2.35. The highest BCUT2D eigenvalue weighted by atomic mass is 35.5. The van der Waals surface area contributed by atoms with Crippen LogP contribution in [0.25, 0.3) is 21.6 Å². The Morgan fingerprint density at radius 2 is 1.27 bits per heavy atom. The first-order chi connectivity index (χ1) is 40.3. The minimum absolute atomic E-state index is 0.00654. The molecule has 3 heterocycles. The minimum Gasteiger partial charge on any atom is -0.492 e. The zero-order valence-electron chi connectivity index (χ0n) is 48.6. The van der Waals surface area contributed by atoms with E-state index in [0.717, 1.165) is 70.2 Å². The Labute approximate surface area is 498 Å². The molecule has 0 radical (unpaired) electrons. The fourth-order valence-electron chi connectivity index (χ4n) is 9.98. The van der Waals surface area contributed by atoms with Crippen LogP contribution in [-0.4, -0.2) is 184 Å².